The Hall–Kier alpha value is -5.24. The van der Waals surface area contributed by atoms with Crippen LogP contribution in [-0.4, -0.2) is 35.7 Å². The van der Waals surface area contributed by atoms with E-state index < -0.39 is 11.6 Å². The Morgan fingerprint density at radius 2 is 1.57 bits per heavy atom. The Morgan fingerprint density at radius 3 is 2.33 bits per heavy atom. The maximum absolute atomic E-state index is 14.2. The lowest BCUT2D eigenvalue weighted by molar-refractivity contribution is -0.129. The molecule has 1 heterocycles. The minimum atomic E-state index is -1.31. The van der Waals surface area contributed by atoms with E-state index in [-0.39, 0.29) is 18.9 Å². The molecule has 7 heteroatoms. The number of fused-ring (bicyclic) bond motifs is 1. The second-order valence-electron chi connectivity index (χ2n) is 11.2. The van der Waals surface area contributed by atoms with E-state index in [4.69, 9.17) is 19.6 Å². The Morgan fingerprint density at radius 1 is 0.870 bits per heavy atom. The number of hydrogen-bond acceptors (Lipinski definition) is 6. The Labute approximate surface area is 269 Å². The Balaban J connectivity index is 1.29. The molecule has 6 rings (SSSR count). The lowest BCUT2D eigenvalue weighted by Crippen LogP contribution is -2.52. The Bertz CT molecular complexity index is 1820. The average molecular weight is 612 g/mol. The number of aliphatic imine (C=N–C) groups is 1. The van der Waals surface area contributed by atoms with Gasteiger partial charge in [-0.05, 0) is 57.3 Å². The van der Waals surface area contributed by atoms with Gasteiger partial charge in [-0.3, -0.25) is 10.2 Å². The SMILES string of the molecule is C=CC[C@]1(C(=O)NNCc2cccc3ccccc23)N=C(c2ccc(OCCCO)cc2)O[C@H]1c1ccc(-c2ccccc2)cc1. The molecule has 0 aromatic heterocycles. The van der Waals surface area contributed by atoms with Crippen molar-refractivity contribution in [3.63, 3.8) is 0 Å². The van der Waals surface area contributed by atoms with Crippen LogP contribution in [0.15, 0.2) is 139 Å². The quantitative estimate of drug-likeness (QED) is 0.0764. The van der Waals surface area contributed by atoms with Gasteiger partial charge in [0.15, 0.2) is 11.6 Å². The topological polar surface area (TPSA) is 92.2 Å². The maximum atomic E-state index is 14.2. The van der Waals surface area contributed by atoms with Gasteiger partial charge in [-0.25, -0.2) is 10.4 Å². The predicted octanol–water partition coefficient (Wildman–Crippen LogP) is 6.92. The van der Waals surface area contributed by atoms with Crippen molar-refractivity contribution in [2.75, 3.05) is 13.2 Å². The van der Waals surface area contributed by atoms with Crippen molar-refractivity contribution in [2.45, 2.75) is 31.0 Å². The summed E-state index contributed by atoms with van der Waals surface area (Å²) in [5.74, 6) is 0.727. The fourth-order valence-electron chi connectivity index (χ4n) is 5.79. The first-order chi connectivity index (χ1) is 22.6. The molecule has 0 radical (unpaired) electrons. The number of hydrazine groups is 1. The number of ether oxygens (including phenoxy) is 2. The van der Waals surface area contributed by atoms with Crippen LogP contribution in [0.1, 0.15) is 35.6 Å². The zero-order chi connectivity index (χ0) is 31.8. The van der Waals surface area contributed by atoms with Crippen LogP contribution in [0.4, 0.5) is 0 Å². The van der Waals surface area contributed by atoms with Crippen LogP contribution in [-0.2, 0) is 16.1 Å². The molecule has 0 spiro atoms. The number of rotatable bonds is 13. The Kier molecular flexibility index (Phi) is 9.53. The molecule has 0 aliphatic carbocycles. The van der Waals surface area contributed by atoms with Crippen molar-refractivity contribution in [2.24, 2.45) is 4.99 Å². The smallest absolute Gasteiger partial charge is 0.266 e. The molecule has 0 saturated heterocycles. The number of aliphatic hydroxyl groups is 1. The molecule has 0 unspecified atom stereocenters. The van der Waals surface area contributed by atoms with E-state index in [1.54, 1.807) is 6.08 Å². The van der Waals surface area contributed by atoms with Gasteiger partial charge in [-0.15, -0.1) is 6.58 Å². The molecule has 0 fully saturated rings. The number of carbonyl (C=O) groups is 1. The summed E-state index contributed by atoms with van der Waals surface area (Å²) in [4.78, 5) is 19.2. The van der Waals surface area contributed by atoms with Crippen LogP contribution in [0, 0.1) is 0 Å². The lowest BCUT2D eigenvalue weighted by atomic mass is 9.84. The number of aliphatic hydroxyl groups excluding tert-OH is 1. The molecule has 5 aromatic carbocycles. The van der Waals surface area contributed by atoms with Crippen LogP contribution in [0.5, 0.6) is 5.75 Å². The second kappa shape index (κ2) is 14.2. The van der Waals surface area contributed by atoms with Gasteiger partial charge in [0.25, 0.3) is 5.91 Å². The first-order valence-corrected chi connectivity index (χ1v) is 15.5. The van der Waals surface area contributed by atoms with Gasteiger partial charge < -0.3 is 14.6 Å². The highest BCUT2D eigenvalue weighted by Gasteiger charge is 2.52. The summed E-state index contributed by atoms with van der Waals surface area (Å²) < 4.78 is 12.3. The number of amides is 1. The largest absolute Gasteiger partial charge is 0.494 e. The minimum Gasteiger partial charge on any atom is -0.494 e. The van der Waals surface area contributed by atoms with Crippen molar-refractivity contribution in [3.8, 4) is 16.9 Å². The lowest BCUT2D eigenvalue weighted by Gasteiger charge is -2.30. The molecule has 2 atom stereocenters. The van der Waals surface area contributed by atoms with Crippen LogP contribution >= 0.6 is 0 Å². The molecular formula is C39H37N3O4. The zero-order valence-electron chi connectivity index (χ0n) is 25.6. The standard InChI is InChI=1S/C39H37N3O4/c1-2-24-39(38(44)42-40-27-33-14-8-13-30-12-6-7-15-35(30)33)36(31-18-16-29(17-19-31)28-10-4-3-5-11-28)46-37(41-39)32-20-22-34(23-21-32)45-26-9-25-43/h2-8,10-23,36,40,43H,1,9,24-27H2,(H,42,44)/t36-,39-/m0/s1. The summed E-state index contributed by atoms with van der Waals surface area (Å²) in [7, 11) is 0. The summed E-state index contributed by atoms with van der Waals surface area (Å²) in [6, 6.07) is 39.9. The third-order valence-corrected chi connectivity index (χ3v) is 8.17. The highest BCUT2D eigenvalue weighted by Crippen LogP contribution is 2.43. The second-order valence-corrected chi connectivity index (χ2v) is 11.2. The zero-order valence-corrected chi connectivity index (χ0v) is 25.6. The van der Waals surface area contributed by atoms with Crippen LogP contribution in [0.25, 0.3) is 21.9 Å². The van der Waals surface area contributed by atoms with Crippen molar-refractivity contribution >= 4 is 22.6 Å². The van der Waals surface area contributed by atoms with Crippen molar-refractivity contribution in [1.29, 1.82) is 0 Å². The van der Waals surface area contributed by atoms with Gasteiger partial charge in [-0.2, -0.15) is 0 Å². The predicted molar refractivity (Wildman–Crippen MR) is 182 cm³/mol. The number of hydrogen-bond donors (Lipinski definition) is 3. The van der Waals surface area contributed by atoms with Gasteiger partial charge >= 0.3 is 0 Å². The summed E-state index contributed by atoms with van der Waals surface area (Å²) >= 11 is 0. The van der Waals surface area contributed by atoms with Crippen molar-refractivity contribution < 1.29 is 19.4 Å². The highest BCUT2D eigenvalue weighted by molar-refractivity contribution is 6.01. The summed E-state index contributed by atoms with van der Waals surface area (Å²) in [5.41, 5.74) is 9.57. The summed E-state index contributed by atoms with van der Waals surface area (Å²) in [6.45, 7) is 4.90. The van der Waals surface area contributed by atoms with E-state index in [0.717, 1.165) is 38.6 Å². The van der Waals surface area contributed by atoms with E-state index in [9.17, 15) is 4.79 Å². The van der Waals surface area contributed by atoms with Gasteiger partial charge in [0.2, 0.25) is 5.90 Å². The molecule has 1 aliphatic heterocycles. The summed E-state index contributed by atoms with van der Waals surface area (Å²) in [6.07, 6.45) is 1.82. The average Bonchev–Trinajstić information content (AvgIpc) is 3.50. The van der Waals surface area contributed by atoms with Crippen LogP contribution in [0.3, 0.4) is 0 Å². The van der Waals surface area contributed by atoms with Crippen molar-refractivity contribution in [1.82, 2.24) is 10.9 Å². The van der Waals surface area contributed by atoms with Gasteiger partial charge in [-0.1, -0.05) is 103 Å². The third-order valence-electron chi connectivity index (χ3n) is 8.17. The van der Waals surface area contributed by atoms with E-state index in [0.29, 0.717) is 31.2 Å². The molecule has 1 aliphatic rings. The van der Waals surface area contributed by atoms with Crippen LogP contribution < -0.4 is 15.6 Å². The molecule has 7 nitrogen and oxygen atoms in total. The van der Waals surface area contributed by atoms with E-state index >= 15 is 0 Å². The maximum Gasteiger partial charge on any atom is 0.266 e. The normalized spacial score (nSPS) is 17.2. The van der Waals surface area contributed by atoms with Gasteiger partial charge in [0.1, 0.15) is 5.75 Å². The molecule has 46 heavy (non-hydrogen) atoms. The first-order valence-electron chi connectivity index (χ1n) is 15.5. The monoisotopic (exact) mass is 611 g/mol. The van der Waals surface area contributed by atoms with E-state index in [2.05, 4.69) is 47.8 Å². The molecule has 0 bridgehead atoms. The number of benzene rings is 5. The molecule has 5 aromatic rings. The third kappa shape index (κ3) is 6.56. The highest BCUT2D eigenvalue weighted by atomic mass is 16.5. The molecule has 1 amide bonds. The molecule has 3 N–H and O–H groups in total. The van der Waals surface area contributed by atoms with Crippen LogP contribution in [0.2, 0.25) is 0 Å². The first kappa shape index (κ1) is 30.8. The van der Waals surface area contributed by atoms with E-state index in [1.807, 2.05) is 91.0 Å². The molecule has 232 valence electrons. The number of carbonyl (C=O) groups excluding carboxylic acids is 1. The summed E-state index contributed by atoms with van der Waals surface area (Å²) in [5, 5.41) is 11.3. The molecular weight excluding hydrogens is 574 g/mol. The van der Waals surface area contributed by atoms with Gasteiger partial charge in [0, 0.05) is 31.6 Å². The fraction of sp³-hybridized carbons (Fsp3) is 0.179. The van der Waals surface area contributed by atoms with Gasteiger partial charge in [0.05, 0.1) is 6.61 Å². The van der Waals surface area contributed by atoms with Crippen molar-refractivity contribution in [3.05, 3.63) is 151 Å². The number of nitrogens with one attached hydrogen (secondary N) is 2. The minimum absolute atomic E-state index is 0.0701. The molecule has 0 saturated carbocycles. The number of nitrogens with zero attached hydrogens (tertiary/aromatic N) is 1. The van der Waals surface area contributed by atoms with E-state index in [1.165, 1.54) is 0 Å². The fourth-order valence-corrected chi connectivity index (χ4v) is 5.79.